The predicted molar refractivity (Wildman–Crippen MR) is 76.4 cm³/mol. The van der Waals surface area contributed by atoms with Crippen molar-refractivity contribution in [2.45, 2.75) is 77.9 Å². The van der Waals surface area contributed by atoms with Crippen LogP contribution in [0.3, 0.4) is 0 Å². The summed E-state index contributed by atoms with van der Waals surface area (Å²) in [6, 6.07) is 2.05. The molecule has 0 heterocycles. The number of rotatable bonds is 5. The highest BCUT2D eigenvalue weighted by Crippen LogP contribution is 2.37. The molecule has 1 saturated carbocycles. The standard InChI is InChI=1S/C15H32N2/c1-7-14(16-5)12(2)17(6)13-8-10-15(3,4)11-9-13/h12-14,16H,7-11H2,1-6H3. The second-order valence-corrected chi connectivity index (χ2v) is 6.60. The minimum atomic E-state index is 0.577. The first-order chi connectivity index (χ1) is 7.91. The van der Waals surface area contributed by atoms with Crippen molar-refractivity contribution in [2.24, 2.45) is 5.41 Å². The average Bonchev–Trinajstić information content (AvgIpc) is 2.29. The quantitative estimate of drug-likeness (QED) is 0.793. The van der Waals surface area contributed by atoms with Gasteiger partial charge >= 0.3 is 0 Å². The van der Waals surface area contributed by atoms with Gasteiger partial charge in [0.2, 0.25) is 0 Å². The lowest BCUT2D eigenvalue weighted by Gasteiger charge is -2.42. The normalized spacial score (nSPS) is 24.9. The third kappa shape index (κ3) is 3.96. The van der Waals surface area contributed by atoms with Crippen molar-refractivity contribution in [3.05, 3.63) is 0 Å². The van der Waals surface area contributed by atoms with E-state index in [-0.39, 0.29) is 0 Å². The minimum Gasteiger partial charge on any atom is -0.315 e. The van der Waals surface area contributed by atoms with Crippen LogP contribution < -0.4 is 5.32 Å². The smallest absolute Gasteiger partial charge is 0.0220 e. The largest absolute Gasteiger partial charge is 0.315 e. The van der Waals surface area contributed by atoms with Crippen LogP contribution in [-0.2, 0) is 0 Å². The van der Waals surface area contributed by atoms with Crippen molar-refractivity contribution >= 4 is 0 Å². The number of hydrogen-bond acceptors (Lipinski definition) is 2. The highest BCUT2D eigenvalue weighted by atomic mass is 15.2. The van der Waals surface area contributed by atoms with Crippen LogP contribution in [0.25, 0.3) is 0 Å². The second kappa shape index (κ2) is 6.19. The molecule has 0 saturated heterocycles. The molecule has 1 aliphatic carbocycles. The van der Waals surface area contributed by atoms with Gasteiger partial charge in [-0.2, -0.15) is 0 Å². The molecule has 1 fully saturated rings. The Bertz CT molecular complexity index is 211. The summed E-state index contributed by atoms with van der Waals surface area (Å²) in [5.74, 6) is 0. The molecule has 1 N–H and O–H groups in total. The molecule has 0 aromatic rings. The van der Waals surface area contributed by atoms with E-state index in [1.165, 1.54) is 32.1 Å². The molecule has 1 rings (SSSR count). The molecule has 1 aliphatic rings. The van der Waals surface area contributed by atoms with Gasteiger partial charge in [-0.3, -0.25) is 4.90 Å². The maximum Gasteiger partial charge on any atom is 0.0220 e. The molecular weight excluding hydrogens is 208 g/mol. The Labute approximate surface area is 108 Å². The van der Waals surface area contributed by atoms with Crippen LogP contribution in [-0.4, -0.2) is 37.1 Å². The minimum absolute atomic E-state index is 0.577. The fraction of sp³-hybridized carbons (Fsp3) is 1.00. The molecule has 17 heavy (non-hydrogen) atoms. The highest BCUT2D eigenvalue weighted by Gasteiger charge is 2.31. The molecule has 2 unspecified atom stereocenters. The molecular formula is C15H32N2. The lowest BCUT2D eigenvalue weighted by molar-refractivity contribution is 0.0851. The summed E-state index contributed by atoms with van der Waals surface area (Å²) < 4.78 is 0. The van der Waals surface area contributed by atoms with E-state index in [9.17, 15) is 0 Å². The van der Waals surface area contributed by atoms with Crippen molar-refractivity contribution in [3.63, 3.8) is 0 Å². The Balaban J connectivity index is 2.50. The second-order valence-electron chi connectivity index (χ2n) is 6.60. The molecule has 2 atom stereocenters. The van der Waals surface area contributed by atoms with Crippen LogP contribution in [0.4, 0.5) is 0 Å². The first kappa shape index (κ1) is 15.0. The van der Waals surface area contributed by atoms with Crippen molar-refractivity contribution in [3.8, 4) is 0 Å². The fourth-order valence-corrected chi connectivity index (χ4v) is 3.19. The molecule has 0 aliphatic heterocycles. The average molecular weight is 240 g/mol. The topological polar surface area (TPSA) is 15.3 Å². The first-order valence-electron chi connectivity index (χ1n) is 7.30. The molecule has 102 valence electrons. The monoisotopic (exact) mass is 240 g/mol. The third-order valence-electron chi connectivity index (χ3n) is 4.92. The number of nitrogens with one attached hydrogen (secondary N) is 1. The van der Waals surface area contributed by atoms with E-state index in [1.807, 2.05) is 0 Å². The van der Waals surface area contributed by atoms with E-state index in [1.54, 1.807) is 0 Å². The Kier molecular flexibility index (Phi) is 5.46. The van der Waals surface area contributed by atoms with Crippen molar-refractivity contribution in [2.75, 3.05) is 14.1 Å². The van der Waals surface area contributed by atoms with Gasteiger partial charge in [0.05, 0.1) is 0 Å². The van der Waals surface area contributed by atoms with E-state index < -0.39 is 0 Å². The summed E-state index contributed by atoms with van der Waals surface area (Å²) in [6.45, 7) is 9.46. The Hall–Kier alpha value is -0.0800. The fourth-order valence-electron chi connectivity index (χ4n) is 3.19. The van der Waals surface area contributed by atoms with Gasteiger partial charge in [0.25, 0.3) is 0 Å². The van der Waals surface area contributed by atoms with E-state index in [4.69, 9.17) is 0 Å². The Morgan fingerprint density at radius 1 is 1.29 bits per heavy atom. The molecule has 0 radical (unpaired) electrons. The van der Waals surface area contributed by atoms with Gasteiger partial charge in [-0.15, -0.1) is 0 Å². The predicted octanol–water partition coefficient (Wildman–Crippen LogP) is 3.27. The van der Waals surface area contributed by atoms with E-state index in [0.29, 0.717) is 17.5 Å². The van der Waals surface area contributed by atoms with Gasteiger partial charge in [-0.05, 0) is 58.5 Å². The van der Waals surface area contributed by atoms with Crippen LogP contribution in [0, 0.1) is 5.41 Å². The Morgan fingerprint density at radius 2 is 1.82 bits per heavy atom. The zero-order chi connectivity index (χ0) is 13.1. The van der Waals surface area contributed by atoms with E-state index in [2.05, 4.69) is 52.0 Å². The van der Waals surface area contributed by atoms with Gasteiger partial charge in [-0.25, -0.2) is 0 Å². The molecule has 0 bridgehead atoms. The van der Waals surface area contributed by atoms with E-state index >= 15 is 0 Å². The van der Waals surface area contributed by atoms with Gasteiger partial charge in [0, 0.05) is 18.1 Å². The molecule has 2 heteroatoms. The summed E-state index contributed by atoms with van der Waals surface area (Å²) in [4.78, 5) is 2.61. The Morgan fingerprint density at radius 3 is 2.24 bits per heavy atom. The van der Waals surface area contributed by atoms with Crippen LogP contribution in [0.5, 0.6) is 0 Å². The van der Waals surface area contributed by atoms with Crippen molar-refractivity contribution in [1.82, 2.24) is 10.2 Å². The van der Waals surface area contributed by atoms with Crippen LogP contribution in [0.2, 0.25) is 0 Å². The maximum absolute atomic E-state index is 3.45. The maximum atomic E-state index is 3.45. The zero-order valence-electron chi connectivity index (χ0n) is 12.7. The van der Waals surface area contributed by atoms with Gasteiger partial charge in [0.1, 0.15) is 0 Å². The summed E-state index contributed by atoms with van der Waals surface area (Å²) in [7, 11) is 4.40. The van der Waals surface area contributed by atoms with Gasteiger partial charge in [0.15, 0.2) is 0 Å². The molecule has 0 aromatic heterocycles. The highest BCUT2D eigenvalue weighted by molar-refractivity contribution is 4.87. The molecule has 0 spiro atoms. The number of nitrogens with zero attached hydrogens (tertiary/aromatic N) is 1. The lowest BCUT2D eigenvalue weighted by Crippen LogP contribution is -2.50. The molecule has 0 aromatic carbocycles. The van der Waals surface area contributed by atoms with E-state index in [0.717, 1.165) is 6.04 Å². The van der Waals surface area contributed by atoms with Gasteiger partial charge < -0.3 is 5.32 Å². The summed E-state index contributed by atoms with van der Waals surface area (Å²) >= 11 is 0. The van der Waals surface area contributed by atoms with Crippen LogP contribution in [0.15, 0.2) is 0 Å². The van der Waals surface area contributed by atoms with Crippen molar-refractivity contribution in [1.29, 1.82) is 0 Å². The SMILES string of the molecule is CCC(NC)C(C)N(C)C1CCC(C)(C)CC1. The summed E-state index contributed by atoms with van der Waals surface area (Å²) in [6.07, 6.45) is 6.71. The molecule has 0 amide bonds. The van der Waals surface area contributed by atoms with Gasteiger partial charge in [-0.1, -0.05) is 20.8 Å². The number of hydrogen-bond donors (Lipinski definition) is 1. The van der Waals surface area contributed by atoms with Crippen LogP contribution in [0.1, 0.15) is 59.8 Å². The van der Waals surface area contributed by atoms with Crippen molar-refractivity contribution < 1.29 is 0 Å². The summed E-state index contributed by atoms with van der Waals surface area (Å²) in [5, 5.41) is 3.45. The zero-order valence-corrected chi connectivity index (χ0v) is 12.7. The van der Waals surface area contributed by atoms with Crippen LogP contribution >= 0.6 is 0 Å². The number of likely N-dealkylation sites (N-methyl/N-ethyl adjacent to an activating group) is 2. The third-order valence-corrected chi connectivity index (χ3v) is 4.92. The molecule has 2 nitrogen and oxygen atoms in total. The lowest BCUT2D eigenvalue weighted by atomic mass is 9.75. The first-order valence-corrected chi connectivity index (χ1v) is 7.30. The summed E-state index contributed by atoms with van der Waals surface area (Å²) in [5.41, 5.74) is 0.577.